The van der Waals surface area contributed by atoms with E-state index < -0.39 is 30.1 Å². The van der Waals surface area contributed by atoms with Gasteiger partial charge in [-0.05, 0) is 48.4 Å². The molecule has 2 fully saturated rings. The van der Waals surface area contributed by atoms with Crippen LogP contribution in [0.25, 0.3) is 11.1 Å². The van der Waals surface area contributed by atoms with Crippen LogP contribution in [0, 0.1) is 5.92 Å². The fourth-order valence-corrected chi connectivity index (χ4v) is 5.55. The van der Waals surface area contributed by atoms with Gasteiger partial charge in [0.1, 0.15) is 6.61 Å². The molecule has 184 valence electrons. The van der Waals surface area contributed by atoms with Gasteiger partial charge in [-0.15, -0.1) is 0 Å². The summed E-state index contributed by atoms with van der Waals surface area (Å²) in [6, 6.07) is 15.7. The van der Waals surface area contributed by atoms with Crippen LogP contribution >= 0.6 is 0 Å². The van der Waals surface area contributed by atoms with Crippen LogP contribution in [0.15, 0.2) is 48.5 Å². The van der Waals surface area contributed by atoms with Crippen molar-refractivity contribution in [2.75, 3.05) is 19.8 Å². The van der Waals surface area contributed by atoms with Crippen molar-refractivity contribution in [1.82, 2.24) is 10.2 Å². The van der Waals surface area contributed by atoms with Crippen molar-refractivity contribution >= 4 is 18.0 Å². The van der Waals surface area contributed by atoms with Crippen molar-refractivity contribution in [2.45, 2.75) is 50.3 Å². The molecule has 0 spiro atoms. The van der Waals surface area contributed by atoms with Crippen molar-refractivity contribution in [1.29, 1.82) is 0 Å². The molecule has 3 aliphatic rings. The number of rotatable bonds is 5. The predicted molar refractivity (Wildman–Crippen MR) is 128 cm³/mol. The van der Waals surface area contributed by atoms with Gasteiger partial charge < -0.3 is 24.8 Å². The number of nitrogens with one attached hydrogen (secondary N) is 1. The summed E-state index contributed by atoms with van der Waals surface area (Å²) in [7, 11) is 0. The standard InChI is InChI=1S/C27H30N2O6/c1-16-10-11-17(26(31)32)14-29(16)25(30)24-23(12-13-34-24)28-27(33)35-15-22-20-8-4-2-6-18(20)19-7-3-5-9-21(19)22/h2-9,16-17,22-24H,10-15H2,1H3,(H,28,33)(H,31,32)/t16?,17?,23-,24+/m1/s1. The first-order chi connectivity index (χ1) is 16.9. The number of carboxylic acid groups (broad SMARTS) is 1. The number of alkyl carbamates (subject to hydrolysis) is 1. The van der Waals surface area contributed by atoms with Gasteiger partial charge in [0.2, 0.25) is 0 Å². The Morgan fingerprint density at radius 1 is 1.03 bits per heavy atom. The maximum atomic E-state index is 13.2. The lowest BCUT2D eigenvalue weighted by molar-refractivity contribution is -0.151. The summed E-state index contributed by atoms with van der Waals surface area (Å²) in [6.07, 6.45) is 0.235. The second kappa shape index (κ2) is 9.70. The molecule has 2 amide bonds. The molecule has 2 heterocycles. The molecule has 35 heavy (non-hydrogen) atoms. The molecule has 0 bridgehead atoms. The zero-order valence-corrected chi connectivity index (χ0v) is 19.7. The zero-order valence-electron chi connectivity index (χ0n) is 19.7. The average Bonchev–Trinajstić information content (AvgIpc) is 3.45. The number of hydrogen-bond acceptors (Lipinski definition) is 5. The summed E-state index contributed by atoms with van der Waals surface area (Å²) in [4.78, 5) is 39.0. The van der Waals surface area contributed by atoms with Crippen LogP contribution in [-0.2, 0) is 19.1 Å². The largest absolute Gasteiger partial charge is 0.481 e. The second-order valence-electron chi connectivity index (χ2n) is 9.61. The number of nitrogens with zero attached hydrogens (tertiary/aromatic N) is 1. The van der Waals surface area contributed by atoms with Crippen molar-refractivity contribution < 1.29 is 29.0 Å². The molecular formula is C27H30N2O6. The molecule has 5 rings (SSSR count). The number of amides is 2. The molecule has 2 aromatic rings. The molecule has 2 unspecified atom stereocenters. The number of hydrogen-bond donors (Lipinski definition) is 2. The highest BCUT2D eigenvalue weighted by atomic mass is 16.6. The van der Waals surface area contributed by atoms with Crippen molar-refractivity contribution in [2.24, 2.45) is 5.92 Å². The number of piperidine rings is 1. The van der Waals surface area contributed by atoms with E-state index in [0.29, 0.717) is 25.9 Å². The number of fused-ring (bicyclic) bond motifs is 3. The number of ether oxygens (including phenoxy) is 2. The van der Waals surface area contributed by atoms with E-state index in [9.17, 15) is 19.5 Å². The number of carbonyl (C=O) groups excluding carboxylic acids is 2. The Balaban J connectivity index is 1.22. The van der Waals surface area contributed by atoms with Crippen molar-refractivity contribution in [3.8, 4) is 11.1 Å². The SMILES string of the molecule is CC1CCC(C(=O)O)CN1C(=O)[C@H]1OCC[C@H]1NC(=O)OCC1c2ccccc2-c2ccccc21. The summed E-state index contributed by atoms with van der Waals surface area (Å²) in [6.45, 7) is 2.61. The smallest absolute Gasteiger partial charge is 0.407 e. The molecule has 0 aromatic heterocycles. The third-order valence-corrected chi connectivity index (χ3v) is 7.50. The van der Waals surface area contributed by atoms with Crippen LogP contribution in [0.2, 0.25) is 0 Å². The fourth-order valence-electron chi connectivity index (χ4n) is 5.55. The minimum Gasteiger partial charge on any atom is -0.481 e. The van der Waals surface area contributed by atoms with Crippen LogP contribution < -0.4 is 5.32 Å². The molecule has 2 aromatic carbocycles. The van der Waals surface area contributed by atoms with Gasteiger partial charge in [-0.2, -0.15) is 0 Å². The van der Waals surface area contributed by atoms with E-state index in [1.165, 1.54) is 0 Å². The van der Waals surface area contributed by atoms with Gasteiger partial charge in [-0.1, -0.05) is 48.5 Å². The predicted octanol–water partition coefficient (Wildman–Crippen LogP) is 3.39. The molecule has 8 heteroatoms. The van der Waals surface area contributed by atoms with Gasteiger partial charge in [-0.25, -0.2) is 4.79 Å². The van der Waals surface area contributed by atoms with Gasteiger partial charge >= 0.3 is 12.1 Å². The number of carboxylic acids is 1. The summed E-state index contributed by atoms with van der Waals surface area (Å²) in [5.41, 5.74) is 4.57. The Bertz CT molecular complexity index is 1090. The minimum absolute atomic E-state index is 0.0486. The average molecular weight is 479 g/mol. The van der Waals surface area contributed by atoms with E-state index in [4.69, 9.17) is 9.47 Å². The Morgan fingerprint density at radius 2 is 1.69 bits per heavy atom. The lowest BCUT2D eigenvalue weighted by Gasteiger charge is -2.38. The Hall–Kier alpha value is -3.39. The quantitative estimate of drug-likeness (QED) is 0.683. The van der Waals surface area contributed by atoms with Crippen LogP contribution in [0.1, 0.15) is 43.2 Å². The maximum absolute atomic E-state index is 13.2. The molecule has 0 saturated carbocycles. The van der Waals surface area contributed by atoms with Gasteiger partial charge in [0.15, 0.2) is 6.10 Å². The molecule has 0 radical (unpaired) electrons. The van der Waals surface area contributed by atoms with Gasteiger partial charge in [0.05, 0.1) is 12.0 Å². The summed E-state index contributed by atoms with van der Waals surface area (Å²) >= 11 is 0. The van der Waals surface area contributed by atoms with Crippen molar-refractivity contribution in [3.05, 3.63) is 59.7 Å². The Labute approximate surface area is 204 Å². The Morgan fingerprint density at radius 3 is 2.34 bits per heavy atom. The molecular weight excluding hydrogens is 448 g/mol. The van der Waals surface area contributed by atoms with Gasteiger partial charge in [0, 0.05) is 25.1 Å². The summed E-state index contributed by atoms with van der Waals surface area (Å²) in [5.74, 6) is -1.79. The number of carbonyl (C=O) groups is 3. The molecule has 2 saturated heterocycles. The van der Waals surface area contributed by atoms with Gasteiger partial charge in [0.25, 0.3) is 5.91 Å². The second-order valence-corrected chi connectivity index (χ2v) is 9.61. The molecule has 2 N–H and O–H groups in total. The van der Waals surface area contributed by atoms with Crippen LogP contribution in [-0.4, -0.2) is 65.9 Å². The van der Waals surface area contributed by atoms with Crippen LogP contribution in [0.5, 0.6) is 0 Å². The first kappa shape index (κ1) is 23.4. The highest BCUT2D eigenvalue weighted by molar-refractivity contribution is 5.84. The number of likely N-dealkylation sites (tertiary alicyclic amines) is 1. The topological polar surface area (TPSA) is 105 Å². The zero-order chi connectivity index (χ0) is 24.5. The van der Waals surface area contributed by atoms with E-state index in [-0.39, 0.29) is 31.0 Å². The lowest BCUT2D eigenvalue weighted by Crippen LogP contribution is -2.55. The first-order valence-corrected chi connectivity index (χ1v) is 12.2. The lowest BCUT2D eigenvalue weighted by atomic mass is 9.92. The summed E-state index contributed by atoms with van der Waals surface area (Å²) in [5, 5.41) is 12.2. The summed E-state index contributed by atoms with van der Waals surface area (Å²) < 4.78 is 11.3. The van der Waals surface area contributed by atoms with E-state index >= 15 is 0 Å². The highest BCUT2D eigenvalue weighted by Crippen LogP contribution is 2.44. The van der Waals surface area contributed by atoms with Gasteiger partial charge in [-0.3, -0.25) is 9.59 Å². The van der Waals surface area contributed by atoms with Crippen molar-refractivity contribution in [3.63, 3.8) is 0 Å². The number of benzene rings is 2. The number of aliphatic carboxylic acids is 1. The third kappa shape index (κ3) is 4.50. The Kier molecular flexibility index (Phi) is 6.47. The van der Waals surface area contributed by atoms with E-state index in [1.54, 1.807) is 4.90 Å². The van der Waals surface area contributed by atoms with Crippen LogP contribution in [0.3, 0.4) is 0 Å². The molecule has 8 nitrogen and oxygen atoms in total. The molecule has 1 aliphatic carbocycles. The van der Waals surface area contributed by atoms with E-state index in [1.807, 2.05) is 31.2 Å². The van der Waals surface area contributed by atoms with Crippen LogP contribution in [0.4, 0.5) is 4.79 Å². The van der Waals surface area contributed by atoms with E-state index in [2.05, 4.69) is 29.6 Å². The monoisotopic (exact) mass is 478 g/mol. The fraction of sp³-hybridized carbons (Fsp3) is 0.444. The normalized spacial score (nSPS) is 25.6. The maximum Gasteiger partial charge on any atom is 0.407 e. The molecule has 4 atom stereocenters. The highest BCUT2D eigenvalue weighted by Gasteiger charge is 2.42. The van der Waals surface area contributed by atoms with E-state index in [0.717, 1.165) is 22.3 Å². The third-order valence-electron chi connectivity index (χ3n) is 7.50. The minimum atomic E-state index is -0.893. The first-order valence-electron chi connectivity index (χ1n) is 12.2. The molecule has 2 aliphatic heterocycles.